The van der Waals surface area contributed by atoms with E-state index in [4.69, 9.17) is 14.2 Å². The number of aryl methyl sites for hydroxylation is 2. The van der Waals surface area contributed by atoms with Crippen LogP contribution in [-0.2, 0) is 14.3 Å². The fraction of sp³-hybridized carbons (Fsp3) is 0.333. The van der Waals surface area contributed by atoms with Crippen LogP contribution in [0.15, 0.2) is 48.7 Å². The summed E-state index contributed by atoms with van der Waals surface area (Å²) < 4.78 is 44.6. The molecular formula is C30H31F2NO6. The Kier molecular flexibility index (Phi) is 9.51. The van der Waals surface area contributed by atoms with Crippen molar-refractivity contribution < 1.29 is 37.4 Å². The van der Waals surface area contributed by atoms with Crippen LogP contribution in [0.4, 0.5) is 8.78 Å². The Morgan fingerprint density at radius 3 is 2.00 bits per heavy atom. The quantitative estimate of drug-likeness (QED) is 0.235. The first-order valence-electron chi connectivity index (χ1n) is 12.4. The average molecular weight is 540 g/mol. The number of benzene rings is 2. The molecule has 1 heterocycles. The Labute approximate surface area is 226 Å². The molecule has 0 saturated carbocycles. The number of carbonyl (C=O) groups is 3. The second-order valence-electron chi connectivity index (χ2n) is 9.43. The molecule has 3 rings (SSSR count). The lowest BCUT2D eigenvalue weighted by atomic mass is 9.82. The van der Waals surface area contributed by atoms with Gasteiger partial charge in [-0.2, -0.15) is 0 Å². The van der Waals surface area contributed by atoms with Gasteiger partial charge in [-0.25, -0.2) is 13.8 Å². The fourth-order valence-corrected chi connectivity index (χ4v) is 4.42. The van der Waals surface area contributed by atoms with Crippen molar-refractivity contribution in [3.63, 3.8) is 0 Å². The maximum Gasteiger partial charge on any atom is 0.309 e. The van der Waals surface area contributed by atoms with Crippen molar-refractivity contribution >= 4 is 17.7 Å². The lowest BCUT2D eigenvalue weighted by Crippen LogP contribution is -2.28. The minimum absolute atomic E-state index is 0.130. The molecule has 0 aliphatic carbocycles. The summed E-state index contributed by atoms with van der Waals surface area (Å²) in [6.45, 7) is 7.95. The van der Waals surface area contributed by atoms with Gasteiger partial charge < -0.3 is 14.2 Å². The number of halogens is 2. The standard InChI is InChI=1S/C30H31F2NO6/c1-16-7-9-21(31)14-23(16)27(24-15-22(32)10-8-17(24)2)19(4)38-30(36)18(3)13-25(35)28-29(39-20(5)34)26(37-6)11-12-33-28/h7-12,14-15,18-19,27H,13H2,1-6H3/t18-,19+/m1/s1. The molecule has 0 aliphatic heterocycles. The zero-order chi connectivity index (χ0) is 28.9. The van der Waals surface area contributed by atoms with Crippen LogP contribution in [0.3, 0.4) is 0 Å². The maximum absolute atomic E-state index is 14.3. The van der Waals surface area contributed by atoms with E-state index in [-0.39, 0.29) is 23.6 Å². The molecule has 9 heteroatoms. The molecule has 0 radical (unpaired) electrons. The molecular weight excluding hydrogens is 508 g/mol. The summed E-state index contributed by atoms with van der Waals surface area (Å²) in [5, 5.41) is 0. The van der Waals surface area contributed by atoms with Crippen LogP contribution in [0.2, 0.25) is 0 Å². The number of esters is 2. The number of hydrogen-bond donors (Lipinski definition) is 0. The van der Waals surface area contributed by atoms with Gasteiger partial charge in [0.05, 0.1) is 13.0 Å². The number of hydrogen-bond acceptors (Lipinski definition) is 7. The van der Waals surface area contributed by atoms with Crippen LogP contribution in [0.25, 0.3) is 0 Å². The zero-order valence-electron chi connectivity index (χ0n) is 22.7. The summed E-state index contributed by atoms with van der Waals surface area (Å²) in [6.07, 6.45) is 0.211. The normalized spacial score (nSPS) is 12.5. The first-order valence-corrected chi connectivity index (χ1v) is 12.4. The molecule has 0 spiro atoms. The number of aromatic nitrogens is 1. The summed E-state index contributed by atoms with van der Waals surface area (Å²) in [4.78, 5) is 41.8. The number of carbonyl (C=O) groups excluding carboxylic acids is 3. The Balaban J connectivity index is 1.87. The van der Waals surface area contributed by atoms with Crippen LogP contribution in [0.1, 0.15) is 65.9 Å². The third kappa shape index (κ3) is 7.04. The Bertz CT molecular complexity index is 1340. The van der Waals surface area contributed by atoms with Gasteiger partial charge >= 0.3 is 11.9 Å². The van der Waals surface area contributed by atoms with E-state index in [1.54, 1.807) is 32.9 Å². The molecule has 39 heavy (non-hydrogen) atoms. The third-order valence-electron chi connectivity index (χ3n) is 6.42. The number of nitrogens with zero attached hydrogens (tertiary/aromatic N) is 1. The van der Waals surface area contributed by atoms with Gasteiger partial charge in [0, 0.05) is 31.5 Å². The van der Waals surface area contributed by atoms with Gasteiger partial charge in [0.2, 0.25) is 5.75 Å². The molecule has 2 aromatic carbocycles. The van der Waals surface area contributed by atoms with Crippen molar-refractivity contribution in [2.24, 2.45) is 5.92 Å². The van der Waals surface area contributed by atoms with Crippen LogP contribution in [-0.4, -0.2) is 35.9 Å². The van der Waals surface area contributed by atoms with E-state index in [9.17, 15) is 23.2 Å². The first kappa shape index (κ1) is 29.4. The minimum atomic E-state index is -0.902. The highest BCUT2D eigenvalue weighted by Gasteiger charge is 2.31. The molecule has 206 valence electrons. The molecule has 0 N–H and O–H groups in total. The maximum atomic E-state index is 14.3. The van der Waals surface area contributed by atoms with Gasteiger partial charge in [-0.1, -0.05) is 19.1 Å². The molecule has 0 unspecified atom stereocenters. The Morgan fingerprint density at radius 1 is 0.923 bits per heavy atom. The molecule has 0 amide bonds. The Hall–Kier alpha value is -4.14. The lowest BCUT2D eigenvalue weighted by Gasteiger charge is -2.28. The molecule has 0 bridgehead atoms. The molecule has 3 aromatic rings. The summed E-state index contributed by atoms with van der Waals surface area (Å²) in [5.41, 5.74) is 2.45. The van der Waals surface area contributed by atoms with Gasteiger partial charge in [-0.15, -0.1) is 0 Å². The van der Waals surface area contributed by atoms with Crippen molar-refractivity contribution in [3.05, 3.63) is 88.2 Å². The highest BCUT2D eigenvalue weighted by molar-refractivity contribution is 5.99. The van der Waals surface area contributed by atoms with Crippen LogP contribution >= 0.6 is 0 Å². The summed E-state index contributed by atoms with van der Waals surface area (Å²) >= 11 is 0. The number of ether oxygens (including phenoxy) is 3. The van der Waals surface area contributed by atoms with E-state index < -0.39 is 47.3 Å². The molecule has 0 saturated heterocycles. The topological polar surface area (TPSA) is 91.8 Å². The van der Waals surface area contributed by atoms with Gasteiger partial charge in [-0.3, -0.25) is 14.4 Å². The van der Waals surface area contributed by atoms with Crippen molar-refractivity contribution in [2.45, 2.75) is 53.1 Å². The monoisotopic (exact) mass is 539 g/mol. The largest absolute Gasteiger partial charge is 0.493 e. The Morgan fingerprint density at radius 2 is 1.49 bits per heavy atom. The van der Waals surface area contributed by atoms with E-state index in [1.165, 1.54) is 57.5 Å². The second kappa shape index (κ2) is 12.6. The number of ketones is 1. The van der Waals surface area contributed by atoms with Gasteiger partial charge in [-0.05, 0) is 67.3 Å². The third-order valence-corrected chi connectivity index (χ3v) is 6.42. The number of methoxy groups -OCH3 is 1. The average Bonchev–Trinajstić information content (AvgIpc) is 2.87. The van der Waals surface area contributed by atoms with E-state index >= 15 is 0 Å². The van der Waals surface area contributed by atoms with E-state index in [2.05, 4.69) is 4.98 Å². The number of rotatable bonds is 10. The smallest absolute Gasteiger partial charge is 0.309 e. The highest BCUT2D eigenvalue weighted by Crippen LogP contribution is 2.36. The SMILES string of the molecule is COc1ccnc(C(=O)C[C@@H](C)C(=O)O[C@@H](C)C(c2cc(F)ccc2C)c2cc(F)ccc2C)c1OC(C)=O. The van der Waals surface area contributed by atoms with Crippen LogP contribution < -0.4 is 9.47 Å². The van der Waals surface area contributed by atoms with E-state index in [0.717, 1.165) is 11.1 Å². The molecule has 0 fully saturated rings. The summed E-state index contributed by atoms with van der Waals surface area (Å²) in [7, 11) is 1.36. The molecule has 2 atom stereocenters. The molecule has 1 aromatic heterocycles. The van der Waals surface area contributed by atoms with Crippen molar-refractivity contribution in [1.29, 1.82) is 0 Å². The van der Waals surface area contributed by atoms with Crippen LogP contribution in [0.5, 0.6) is 11.5 Å². The summed E-state index contributed by atoms with van der Waals surface area (Å²) in [5.74, 6) is -4.40. The number of pyridine rings is 1. The molecule has 7 nitrogen and oxygen atoms in total. The van der Waals surface area contributed by atoms with Crippen molar-refractivity contribution in [1.82, 2.24) is 4.98 Å². The highest BCUT2D eigenvalue weighted by atomic mass is 19.1. The summed E-state index contributed by atoms with van der Waals surface area (Å²) in [6, 6.07) is 10.0. The van der Waals surface area contributed by atoms with Gasteiger partial charge in [0.25, 0.3) is 0 Å². The first-order chi connectivity index (χ1) is 18.4. The predicted octanol–water partition coefficient (Wildman–Crippen LogP) is 5.88. The second-order valence-corrected chi connectivity index (χ2v) is 9.43. The van der Waals surface area contributed by atoms with Crippen molar-refractivity contribution in [3.8, 4) is 11.5 Å². The fourth-order valence-electron chi connectivity index (χ4n) is 4.42. The van der Waals surface area contributed by atoms with Crippen molar-refractivity contribution in [2.75, 3.05) is 7.11 Å². The van der Waals surface area contributed by atoms with E-state index in [1.807, 2.05) is 0 Å². The van der Waals surface area contributed by atoms with Gasteiger partial charge in [0.15, 0.2) is 17.2 Å². The zero-order valence-corrected chi connectivity index (χ0v) is 22.7. The van der Waals surface area contributed by atoms with Gasteiger partial charge in [0.1, 0.15) is 17.7 Å². The minimum Gasteiger partial charge on any atom is -0.493 e. The molecule has 0 aliphatic rings. The lowest BCUT2D eigenvalue weighted by molar-refractivity contribution is -0.153. The van der Waals surface area contributed by atoms with Crippen LogP contribution in [0, 0.1) is 31.4 Å². The van der Waals surface area contributed by atoms with E-state index in [0.29, 0.717) is 11.1 Å². The number of Topliss-reactive ketones (excluding diaryl/α,β-unsaturated/α-hetero) is 1. The predicted molar refractivity (Wildman–Crippen MR) is 140 cm³/mol.